The summed E-state index contributed by atoms with van der Waals surface area (Å²) in [7, 11) is 1.03. The van der Waals surface area contributed by atoms with E-state index in [1.807, 2.05) is 0 Å². The highest BCUT2D eigenvalue weighted by Gasteiger charge is 2.37. The third kappa shape index (κ3) is 3.70. The second-order valence-electron chi connectivity index (χ2n) is 2.88. The number of carbonyl (C=O) groups is 1. The summed E-state index contributed by atoms with van der Waals surface area (Å²) in [6, 6.07) is 0. The first-order valence-electron chi connectivity index (χ1n) is 3.98. The number of ether oxygens (including phenoxy) is 1. The average Bonchev–Trinajstić information content (AvgIpc) is 2.23. The summed E-state index contributed by atoms with van der Waals surface area (Å²) in [5, 5.41) is 53.3. The highest BCUT2D eigenvalue weighted by atomic mass is 16.6. The van der Waals surface area contributed by atoms with E-state index in [4.69, 9.17) is 30.6 Å². The first kappa shape index (κ1) is 14.2. The first-order chi connectivity index (χ1) is 6.82. The number of aliphatic carboxylic acids is 1. The largest absolute Gasteiger partial charge is 0.479 e. The zero-order chi connectivity index (χ0) is 12.2. The van der Waals surface area contributed by atoms with Crippen molar-refractivity contribution in [3.63, 3.8) is 0 Å². The van der Waals surface area contributed by atoms with Crippen molar-refractivity contribution in [1.29, 1.82) is 0 Å². The fourth-order valence-electron chi connectivity index (χ4n) is 0.843. The molecule has 0 aromatic carbocycles. The van der Waals surface area contributed by atoms with Crippen molar-refractivity contribution in [2.45, 2.75) is 30.7 Å². The van der Waals surface area contributed by atoms with Gasteiger partial charge in [-0.15, -0.1) is 0 Å². The minimum absolute atomic E-state index is 1.03. The van der Waals surface area contributed by atoms with Crippen LogP contribution in [0.25, 0.3) is 0 Å². The van der Waals surface area contributed by atoms with Crippen LogP contribution in [0.2, 0.25) is 0 Å². The molecule has 0 aromatic heterocycles. The van der Waals surface area contributed by atoms with Gasteiger partial charge in [-0.3, -0.25) is 0 Å². The SMILES string of the molecule is COC(O)[C@@H](O)[C@@H](O)[C@H](O)[C@@H](O)C(=O)O. The van der Waals surface area contributed by atoms with E-state index in [0.717, 1.165) is 7.11 Å². The van der Waals surface area contributed by atoms with Crippen molar-refractivity contribution in [1.82, 2.24) is 0 Å². The molecular formula is C7H14O8. The number of methoxy groups -OCH3 is 1. The third-order valence-electron chi connectivity index (χ3n) is 1.81. The summed E-state index contributed by atoms with van der Waals surface area (Å²) in [4.78, 5) is 10.2. The number of hydrogen-bond donors (Lipinski definition) is 6. The maximum absolute atomic E-state index is 10.2. The molecule has 0 fully saturated rings. The summed E-state index contributed by atoms with van der Waals surface area (Å²) in [6.45, 7) is 0. The molecule has 0 rings (SSSR count). The minimum atomic E-state index is -2.27. The van der Waals surface area contributed by atoms with Crippen LogP contribution in [0.5, 0.6) is 0 Å². The van der Waals surface area contributed by atoms with Gasteiger partial charge in [-0.05, 0) is 0 Å². The smallest absolute Gasteiger partial charge is 0.335 e. The third-order valence-corrected chi connectivity index (χ3v) is 1.81. The van der Waals surface area contributed by atoms with Crippen LogP contribution in [-0.2, 0) is 9.53 Å². The van der Waals surface area contributed by atoms with Gasteiger partial charge in [0.25, 0.3) is 0 Å². The van der Waals surface area contributed by atoms with Crippen molar-refractivity contribution < 1.29 is 40.2 Å². The molecule has 1 unspecified atom stereocenters. The van der Waals surface area contributed by atoms with Crippen LogP contribution in [0.4, 0.5) is 0 Å². The second-order valence-corrected chi connectivity index (χ2v) is 2.88. The van der Waals surface area contributed by atoms with E-state index >= 15 is 0 Å². The fourth-order valence-corrected chi connectivity index (χ4v) is 0.843. The van der Waals surface area contributed by atoms with Crippen LogP contribution in [0.1, 0.15) is 0 Å². The molecule has 8 nitrogen and oxygen atoms in total. The van der Waals surface area contributed by atoms with Gasteiger partial charge in [0.05, 0.1) is 0 Å². The van der Waals surface area contributed by atoms with Crippen LogP contribution in [0.15, 0.2) is 0 Å². The van der Waals surface area contributed by atoms with E-state index in [-0.39, 0.29) is 0 Å². The van der Waals surface area contributed by atoms with Crippen LogP contribution in [0, 0.1) is 0 Å². The van der Waals surface area contributed by atoms with Gasteiger partial charge >= 0.3 is 5.97 Å². The highest BCUT2D eigenvalue weighted by Crippen LogP contribution is 2.09. The minimum Gasteiger partial charge on any atom is -0.479 e. The summed E-state index contributed by atoms with van der Waals surface area (Å²) in [5.74, 6) is -1.76. The number of aliphatic hydroxyl groups excluding tert-OH is 5. The Labute approximate surface area is 85.0 Å². The Morgan fingerprint density at radius 2 is 1.47 bits per heavy atom. The maximum Gasteiger partial charge on any atom is 0.335 e. The molecule has 0 saturated heterocycles. The lowest BCUT2D eigenvalue weighted by Crippen LogP contribution is -2.51. The molecule has 6 N–H and O–H groups in total. The van der Waals surface area contributed by atoms with Crippen molar-refractivity contribution in [3.05, 3.63) is 0 Å². The number of carboxylic acids is 1. The van der Waals surface area contributed by atoms with Gasteiger partial charge in [0.15, 0.2) is 12.4 Å². The molecule has 0 aliphatic carbocycles. The molecule has 0 heterocycles. The van der Waals surface area contributed by atoms with Crippen molar-refractivity contribution >= 4 is 5.97 Å². The zero-order valence-corrected chi connectivity index (χ0v) is 7.89. The monoisotopic (exact) mass is 226 g/mol. The molecular weight excluding hydrogens is 212 g/mol. The molecule has 0 bridgehead atoms. The van der Waals surface area contributed by atoms with E-state index in [1.54, 1.807) is 0 Å². The molecule has 0 aliphatic rings. The molecule has 8 heteroatoms. The second kappa shape index (κ2) is 5.95. The maximum atomic E-state index is 10.2. The van der Waals surface area contributed by atoms with Crippen molar-refractivity contribution in [2.24, 2.45) is 0 Å². The zero-order valence-electron chi connectivity index (χ0n) is 7.89. The number of carboxylic acid groups (broad SMARTS) is 1. The number of rotatable bonds is 6. The van der Waals surface area contributed by atoms with Crippen LogP contribution in [0.3, 0.4) is 0 Å². The topological polar surface area (TPSA) is 148 Å². The van der Waals surface area contributed by atoms with Crippen molar-refractivity contribution in [3.8, 4) is 0 Å². The molecule has 0 radical (unpaired) electrons. The molecule has 0 saturated carbocycles. The summed E-state index contributed by atoms with van der Waals surface area (Å²) in [6.07, 6.45) is -10.2. The van der Waals surface area contributed by atoms with Crippen LogP contribution in [-0.4, -0.2) is 74.4 Å². The Morgan fingerprint density at radius 1 is 1.00 bits per heavy atom. The number of aliphatic hydroxyl groups is 5. The predicted molar refractivity (Wildman–Crippen MR) is 44.7 cm³/mol. The lowest BCUT2D eigenvalue weighted by atomic mass is 10.0. The molecule has 0 amide bonds. The molecule has 90 valence electrons. The predicted octanol–water partition coefficient (Wildman–Crippen LogP) is -3.52. The van der Waals surface area contributed by atoms with E-state index in [0.29, 0.717) is 0 Å². The van der Waals surface area contributed by atoms with Gasteiger partial charge in [-0.2, -0.15) is 0 Å². The fraction of sp³-hybridized carbons (Fsp3) is 0.857. The Morgan fingerprint density at radius 3 is 1.80 bits per heavy atom. The summed E-state index contributed by atoms with van der Waals surface area (Å²) >= 11 is 0. The van der Waals surface area contributed by atoms with Gasteiger partial charge in [-0.1, -0.05) is 0 Å². The lowest BCUT2D eigenvalue weighted by molar-refractivity contribution is -0.203. The molecule has 15 heavy (non-hydrogen) atoms. The van der Waals surface area contributed by atoms with Gasteiger partial charge in [0, 0.05) is 7.11 Å². The standard InChI is InChI=1S/C7H14O8/c1-15-7(14)5(11)3(9)2(8)4(10)6(12)13/h2-5,7-11,14H,1H3,(H,12,13)/t2-,3-,4+,5-,7?/m0/s1. The Balaban J connectivity index is 4.42. The Hall–Kier alpha value is -0.770. The van der Waals surface area contributed by atoms with Gasteiger partial charge in [-0.25, -0.2) is 4.79 Å². The quantitative estimate of drug-likeness (QED) is 0.255. The van der Waals surface area contributed by atoms with Gasteiger partial charge < -0.3 is 35.4 Å². The van der Waals surface area contributed by atoms with Gasteiger partial charge in [0.2, 0.25) is 0 Å². The lowest BCUT2D eigenvalue weighted by Gasteiger charge is -2.26. The highest BCUT2D eigenvalue weighted by molar-refractivity contribution is 5.72. The average molecular weight is 226 g/mol. The molecule has 0 aliphatic heterocycles. The van der Waals surface area contributed by atoms with Crippen molar-refractivity contribution in [2.75, 3.05) is 7.11 Å². The number of hydrogen-bond acceptors (Lipinski definition) is 7. The first-order valence-corrected chi connectivity index (χ1v) is 3.98. The summed E-state index contributed by atoms with van der Waals surface area (Å²) < 4.78 is 4.23. The molecule has 5 atom stereocenters. The normalized spacial score (nSPS) is 21.5. The van der Waals surface area contributed by atoms with E-state index in [9.17, 15) is 4.79 Å². The van der Waals surface area contributed by atoms with E-state index in [1.165, 1.54) is 0 Å². The summed E-state index contributed by atoms with van der Waals surface area (Å²) in [5.41, 5.74) is 0. The molecule has 0 spiro atoms. The van der Waals surface area contributed by atoms with Crippen LogP contribution >= 0.6 is 0 Å². The Bertz CT molecular complexity index is 207. The van der Waals surface area contributed by atoms with E-state index in [2.05, 4.69) is 4.74 Å². The van der Waals surface area contributed by atoms with E-state index < -0.39 is 36.7 Å². The molecule has 0 aromatic rings. The van der Waals surface area contributed by atoms with Gasteiger partial charge in [0.1, 0.15) is 18.3 Å². The van der Waals surface area contributed by atoms with Crippen LogP contribution < -0.4 is 0 Å². The Kier molecular flexibility index (Phi) is 5.65.